The minimum absolute atomic E-state index is 0. The van der Waals surface area contributed by atoms with Gasteiger partial charge in [0.05, 0.1) is 11.3 Å². The number of H-pyrrole nitrogens is 1. The van der Waals surface area contributed by atoms with E-state index in [0.717, 1.165) is 25.0 Å². The molecule has 1 aliphatic carbocycles. The molecule has 34 heavy (non-hydrogen) atoms. The summed E-state index contributed by atoms with van der Waals surface area (Å²) in [6, 6.07) is 7.08. The Morgan fingerprint density at radius 2 is 1.94 bits per heavy atom. The molecule has 5 rings (SSSR count). The Balaban J connectivity index is 0.00000274. The number of rotatable bonds is 7. The number of fused-ring (bicyclic) bond motifs is 2. The van der Waals surface area contributed by atoms with E-state index in [1.165, 1.54) is 24.3 Å². The van der Waals surface area contributed by atoms with E-state index in [4.69, 9.17) is 10.5 Å². The molecule has 1 saturated carbocycles. The van der Waals surface area contributed by atoms with Crippen LogP contribution in [0, 0.1) is 11.6 Å². The second-order valence-electron chi connectivity index (χ2n) is 8.47. The van der Waals surface area contributed by atoms with Crippen molar-refractivity contribution in [1.29, 1.82) is 0 Å². The summed E-state index contributed by atoms with van der Waals surface area (Å²) in [5, 5.41) is 0.561. The molecule has 2 heterocycles. The number of ketones is 1. The number of Topliss-reactive ketones (excluding diaryl/α,β-unsaturated/α-hetero) is 1. The van der Waals surface area contributed by atoms with Crippen LogP contribution in [0.15, 0.2) is 42.2 Å². The van der Waals surface area contributed by atoms with E-state index in [-0.39, 0.29) is 48.6 Å². The van der Waals surface area contributed by atoms with Gasteiger partial charge in [0, 0.05) is 47.2 Å². The highest BCUT2D eigenvalue weighted by Gasteiger charge is 2.30. The predicted molar refractivity (Wildman–Crippen MR) is 127 cm³/mol. The summed E-state index contributed by atoms with van der Waals surface area (Å²) in [5.41, 5.74) is 7.93. The number of amides is 1. The quantitative estimate of drug-likeness (QED) is 0.467. The molecular weight excluding hydrogens is 464 g/mol. The van der Waals surface area contributed by atoms with Gasteiger partial charge in [0.2, 0.25) is 5.91 Å². The fourth-order valence-corrected chi connectivity index (χ4v) is 4.54. The van der Waals surface area contributed by atoms with Gasteiger partial charge >= 0.3 is 0 Å². The van der Waals surface area contributed by atoms with Gasteiger partial charge < -0.3 is 20.4 Å². The SMILES string of the molecule is Cl.NC(=O)c1ccc(F)c2c1C=C(N(CCC(=O)c1c[nH]c3ccc(F)cc13)C1CCC1)CO2. The number of nitrogens with one attached hydrogen (secondary N) is 1. The molecule has 1 aromatic heterocycles. The zero-order chi connectivity index (χ0) is 23.1. The van der Waals surface area contributed by atoms with Crippen molar-refractivity contribution in [3.05, 3.63) is 70.6 Å². The standard InChI is InChI=1S/C25H23F2N3O3.ClH/c26-14-4-7-22-18(10-14)20(12-29-22)23(31)8-9-30(15-2-1-3-15)16-11-19-17(25(28)32)5-6-21(27)24(19)33-13-16;/h4-7,10-12,15,29H,1-3,8-9,13H2,(H2,28,32);1H. The number of benzene rings is 2. The van der Waals surface area contributed by atoms with Crippen LogP contribution in [0.4, 0.5) is 8.78 Å². The zero-order valence-corrected chi connectivity index (χ0v) is 19.1. The molecule has 0 unspecified atom stereocenters. The van der Waals surface area contributed by atoms with Gasteiger partial charge in [-0.05, 0) is 55.7 Å². The lowest BCUT2D eigenvalue weighted by molar-refractivity contribution is 0.0936. The van der Waals surface area contributed by atoms with Gasteiger partial charge in [0.1, 0.15) is 12.4 Å². The first-order chi connectivity index (χ1) is 15.9. The average Bonchev–Trinajstić information content (AvgIpc) is 3.18. The second kappa shape index (κ2) is 9.46. The van der Waals surface area contributed by atoms with E-state index < -0.39 is 17.5 Å². The van der Waals surface area contributed by atoms with Gasteiger partial charge in [-0.15, -0.1) is 12.4 Å². The van der Waals surface area contributed by atoms with E-state index in [2.05, 4.69) is 9.88 Å². The highest BCUT2D eigenvalue weighted by atomic mass is 35.5. The lowest BCUT2D eigenvalue weighted by Gasteiger charge is -2.41. The largest absolute Gasteiger partial charge is 0.484 e. The van der Waals surface area contributed by atoms with Crippen LogP contribution in [0.25, 0.3) is 17.0 Å². The van der Waals surface area contributed by atoms with Crippen LogP contribution >= 0.6 is 12.4 Å². The van der Waals surface area contributed by atoms with Crippen LogP contribution in [-0.4, -0.2) is 40.8 Å². The smallest absolute Gasteiger partial charge is 0.249 e. The minimum Gasteiger partial charge on any atom is -0.484 e. The molecule has 9 heteroatoms. The van der Waals surface area contributed by atoms with Crippen molar-refractivity contribution in [1.82, 2.24) is 9.88 Å². The molecule has 0 bridgehead atoms. The molecule has 0 radical (unpaired) electrons. The number of nitrogens with zero attached hydrogens (tertiary/aromatic N) is 1. The fraction of sp³-hybridized carbons (Fsp3) is 0.280. The normalized spacial score (nSPS) is 14.9. The van der Waals surface area contributed by atoms with Gasteiger partial charge in [-0.25, -0.2) is 8.78 Å². The number of nitrogens with two attached hydrogens (primary N) is 1. The van der Waals surface area contributed by atoms with Crippen molar-refractivity contribution in [2.24, 2.45) is 5.73 Å². The molecule has 1 fully saturated rings. The van der Waals surface area contributed by atoms with E-state index in [1.807, 2.05) is 0 Å². The maximum Gasteiger partial charge on any atom is 0.249 e. The van der Waals surface area contributed by atoms with Gasteiger partial charge in [-0.2, -0.15) is 0 Å². The van der Waals surface area contributed by atoms with Crippen molar-refractivity contribution in [2.75, 3.05) is 13.2 Å². The van der Waals surface area contributed by atoms with Crippen LogP contribution in [0.1, 0.15) is 52.0 Å². The Kier molecular flexibility index (Phi) is 6.61. The first-order valence-corrected chi connectivity index (χ1v) is 10.9. The second-order valence-corrected chi connectivity index (χ2v) is 8.47. The van der Waals surface area contributed by atoms with Gasteiger partial charge in [0.15, 0.2) is 17.3 Å². The van der Waals surface area contributed by atoms with E-state index in [9.17, 15) is 18.4 Å². The maximum atomic E-state index is 14.3. The minimum atomic E-state index is -0.663. The fourth-order valence-electron chi connectivity index (χ4n) is 4.54. The highest BCUT2D eigenvalue weighted by molar-refractivity contribution is 6.08. The number of carbonyl (C=O) groups is 2. The molecule has 178 valence electrons. The number of ether oxygens (including phenoxy) is 1. The third-order valence-electron chi connectivity index (χ3n) is 6.50. The summed E-state index contributed by atoms with van der Waals surface area (Å²) in [6.45, 7) is 0.562. The van der Waals surface area contributed by atoms with E-state index in [1.54, 1.807) is 18.3 Å². The van der Waals surface area contributed by atoms with Crippen LogP contribution in [0.3, 0.4) is 0 Å². The van der Waals surface area contributed by atoms with Crippen molar-refractivity contribution >= 4 is 41.1 Å². The number of aromatic nitrogens is 1. The Labute approximate surface area is 201 Å². The number of primary amides is 1. The number of hydrogen-bond donors (Lipinski definition) is 2. The number of aromatic amines is 1. The summed E-state index contributed by atoms with van der Waals surface area (Å²) >= 11 is 0. The number of hydrogen-bond acceptors (Lipinski definition) is 4. The molecule has 3 N–H and O–H groups in total. The molecule has 1 aliphatic heterocycles. The van der Waals surface area contributed by atoms with Crippen molar-refractivity contribution in [2.45, 2.75) is 31.7 Å². The van der Waals surface area contributed by atoms with Gasteiger partial charge in [0.25, 0.3) is 0 Å². The molecule has 3 aromatic rings. The Morgan fingerprint density at radius 1 is 1.15 bits per heavy atom. The monoisotopic (exact) mass is 487 g/mol. The summed E-state index contributed by atoms with van der Waals surface area (Å²) in [5.74, 6) is -1.70. The topological polar surface area (TPSA) is 88.4 Å². The van der Waals surface area contributed by atoms with Crippen LogP contribution < -0.4 is 10.5 Å². The molecule has 2 aromatic carbocycles. The molecule has 6 nitrogen and oxygen atoms in total. The van der Waals surface area contributed by atoms with Gasteiger partial charge in [-0.1, -0.05) is 0 Å². The Morgan fingerprint density at radius 3 is 2.65 bits per heavy atom. The molecule has 0 saturated heterocycles. The van der Waals surface area contributed by atoms with Crippen molar-refractivity contribution in [3.63, 3.8) is 0 Å². The van der Waals surface area contributed by atoms with E-state index >= 15 is 0 Å². The zero-order valence-electron chi connectivity index (χ0n) is 18.3. The summed E-state index contributed by atoms with van der Waals surface area (Å²) < 4.78 is 33.6. The van der Waals surface area contributed by atoms with Gasteiger partial charge in [-0.3, -0.25) is 9.59 Å². The summed E-state index contributed by atoms with van der Waals surface area (Å²) in [7, 11) is 0. The van der Waals surface area contributed by atoms with Crippen molar-refractivity contribution in [3.8, 4) is 5.75 Å². The highest BCUT2D eigenvalue weighted by Crippen LogP contribution is 2.36. The first-order valence-electron chi connectivity index (χ1n) is 10.9. The first kappa shape index (κ1) is 23.8. The van der Waals surface area contributed by atoms with E-state index in [0.29, 0.717) is 28.6 Å². The summed E-state index contributed by atoms with van der Waals surface area (Å²) in [6.07, 6.45) is 6.61. The molecule has 0 spiro atoms. The maximum absolute atomic E-state index is 14.3. The van der Waals surface area contributed by atoms with Crippen molar-refractivity contribution < 1.29 is 23.1 Å². The number of carbonyl (C=O) groups excluding carboxylic acids is 2. The third-order valence-corrected chi connectivity index (χ3v) is 6.50. The predicted octanol–water partition coefficient (Wildman–Crippen LogP) is 4.83. The Hall–Kier alpha value is -3.39. The van der Waals surface area contributed by atoms with Crippen LogP contribution in [0.5, 0.6) is 5.75 Å². The average molecular weight is 488 g/mol. The van der Waals surface area contributed by atoms with Crippen LogP contribution in [-0.2, 0) is 0 Å². The molecule has 0 atom stereocenters. The third kappa shape index (κ3) is 4.25. The molecular formula is C25H24ClF2N3O3. The number of halogens is 3. The Bertz CT molecular complexity index is 1300. The lowest BCUT2D eigenvalue weighted by atomic mass is 9.90. The summed E-state index contributed by atoms with van der Waals surface area (Å²) in [4.78, 5) is 30.0. The lowest BCUT2D eigenvalue weighted by Crippen LogP contribution is -2.42. The van der Waals surface area contributed by atoms with Crippen LogP contribution in [0.2, 0.25) is 0 Å². The molecule has 2 aliphatic rings. The molecule has 1 amide bonds.